The van der Waals surface area contributed by atoms with Gasteiger partial charge in [0, 0.05) is 13.1 Å². The zero-order chi connectivity index (χ0) is 14.4. The molecule has 0 spiro atoms. The third-order valence-corrected chi connectivity index (χ3v) is 3.50. The lowest BCUT2D eigenvalue weighted by Gasteiger charge is -2.21. The van der Waals surface area contributed by atoms with E-state index in [0.717, 1.165) is 12.8 Å². The minimum atomic E-state index is -0.832. The summed E-state index contributed by atoms with van der Waals surface area (Å²) < 4.78 is 4.94. The molecule has 6 heteroatoms. The van der Waals surface area contributed by atoms with E-state index in [2.05, 4.69) is 10.6 Å². The highest BCUT2D eigenvalue weighted by Gasteiger charge is 2.33. The fraction of sp³-hybridized carbons (Fsp3) is 0.571. The van der Waals surface area contributed by atoms with Crippen molar-refractivity contribution >= 4 is 11.8 Å². The molecule has 110 valence electrons. The summed E-state index contributed by atoms with van der Waals surface area (Å²) in [4.78, 5) is 23.2. The summed E-state index contributed by atoms with van der Waals surface area (Å²) in [6.07, 6.45) is 4.90. The second-order valence-corrected chi connectivity index (χ2v) is 5.19. The zero-order valence-electron chi connectivity index (χ0n) is 11.4. The molecule has 2 amide bonds. The van der Waals surface area contributed by atoms with Crippen molar-refractivity contribution in [3.05, 3.63) is 24.2 Å². The molecule has 2 rings (SSSR count). The molecule has 3 N–H and O–H groups in total. The molecule has 1 aromatic heterocycles. The number of amides is 2. The normalized spacial score (nSPS) is 16.9. The van der Waals surface area contributed by atoms with E-state index in [1.807, 2.05) is 0 Å². The van der Waals surface area contributed by atoms with E-state index in [9.17, 15) is 14.7 Å². The molecule has 0 aromatic carbocycles. The van der Waals surface area contributed by atoms with Crippen LogP contribution in [0.4, 0.5) is 0 Å². The quantitative estimate of drug-likeness (QED) is 0.673. The molecule has 0 aliphatic heterocycles. The van der Waals surface area contributed by atoms with Crippen molar-refractivity contribution in [1.29, 1.82) is 0 Å². The van der Waals surface area contributed by atoms with Crippen molar-refractivity contribution in [2.45, 2.75) is 37.7 Å². The van der Waals surface area contributed by atoms with Crippen LogP contribution in [-0.4, -0.2) is 35.6 Å². The highest BCUT2D eigenvalue weighted by atomic mass is 16.3. The molecule has 0 saturated heterocycles. The third-order valence-electron chi connectivity index (χ3n) is 3.50. The first-order valence-electron chi connectivity index (χ1n) is 6.90. The Morgan fingerprint density at radius 3 is 2.60 bits per heavy atom. The lowest BCUT2D eigenvalue weighted by molar-refractivity contribution is -0.125. The Hall–Kier alpha value is -1.82. The maximum Gasteiger partial charge on any atom is 0.287 e. The van der Waals surface area contributed by atoms with Crippen molar-refractivity contribution in [3.63, 3.8) is 0 Å². The number of aliphatic hydroxyl groups is 1. The first-order valence-corrected chi connectivity index (χ1v) is 6.90. The van der Waals surface area contributed by atoms with Crippen LogP contribution >= 0.6 is 0 Å². The van der Waals surface area contributed by atoms with Gasteiger partial charge in [-0.2, -0.15) is 0 Å². The lowest BCUT2D eigenvalue weighted by atomic mass is 9.98. The van der Waals surface area contributed by atoms with E-state index in [4.69, 9.17) is 4.42 Å². The highest BCUT2D eigenvalue weighted by molar-refractivity contribution is 5.91. The van der Waals surface area contributed by atoms with Crippen molar-refractivity contribution in [1.82, 2.24) is 10.6 Å². The van der Waals surface area contributed by atoms with Gasteiger partial charge >= 0.3 is 0 Å². The van der Waals surface area contributed by atoms with Gasteiger partial charge < -0.3 is 20.2 Å². The molecule has 0 radical (unpaired) electrons. The third kappa shape index (κ3) is 4.09. The molecule has 1 aliphatic rings. The van der Waals surface area contributed by atoms with Crippen molar-refractivity contribution < 1.29 is 19.1 Å². The minimum Gasteiger partial charge on any atom is -0.459 e. The van der Waals surface area contributed by atoms with Crippen LogP contribution in [0.1, 0.15) is 42.7 Å². The number of hydrogen-bond acceptors (Lipinski definition) is 4. The van der Waals surface area contributed by atoms with Crippen LogP contribution in [0.2, 0.25) is 0 Å². The summed E-state index contributed by atoms with van der Waals surface area (Å²) in [7, 11) is 0. The Morgan fingerprint density at radius 2 is 1.95 bits per heavy atom. The predicted molar refractivity (Wildman–Crippen MR) is 72.1 cm³/mol. The number of rotatable bonds is 6. The summed E-state index contributed by atoms with van der Waals surface area (Å²) in [6.45, 7) is 0.658. The fourth-order valence-electron chi connectivity index (χ4n) is 2.44. The van der Waals surface area contributed by atoms with Gasteiger partial charge in [0.1, 0.15) is 0 Å². The molecule has 0 bridgehead atoms. The molecule has 0 atom stereocenters. The number of furan rings is 1. The van der Waals surface area contributed by atoms with Crippen molar-refractivity contribution in [2.24, 2.45) is 0 Å². The lowest BCUT2D eigenvalue weighted by Crippen LogP contribution is -2.38. The van der Waals surface area contributed by atoms with Crippen LogP contribution in [0.15, 0.2) is 22.8 Å². The molecule has 6 nitrogen and oxygen atoms in total. The maximum absolute atomic E-state index is 11.7. The SMILES string of the molecule is O=C(CC1(O)CCCC1)NCCNC(=O)c1ccco1. The summed E-state index contributed by atoms with van der Waals surface area (Å²) in [5, 5.41) is 15.4. The summed E-state index contributed by atoms with van der Waals surface area (Å²) in [6, 6.07) is 3.21. The van der Waals surface area contributed by atoms with E-state index in [0.29, 0.717) is 25.9 Å². The van der Waals surface area contributed by atoms with Crippen LogP contribution in [0, 0.1) is 0 Å². The van der Waals surface area contributed by atoms with Crippen LogP contribution in [0.5, 0.6) is 0 Å². The Morgan fingerprint density at radius 1 is 1.25 bits per heavy atom. The van der Waals surface area contributed by atoms with Crippen LogP contribution < -0.4 is 10.6 Å². The van der Waals surface area contributed by atoms with Crippen LogP contribution in [-0.2, 0) is 4.79 Å². The fourth-order valence-corrected chi connectivity index (χ4v) is 2.44. The van der Waals surface area contributed by atoms with Gasteiger partial charge in [-0.25, -0.2) is 0 Å². The summed E-state index contributed by atoms with van der Waals surface area (Å²) in [5.74, 6) is -0.239. The van der Waals surface area contributed by atoms with Gasteiger partial charge in [0.05, 0.1) is 18.3 Å². The molecular formula is C14H20N2O4. The Kier molecular flexibility index (Phi) is 4.79. The van der Waals surface area contributed by atoms with E-state index < -0.39 is 5.60 Å². The largest absolute Gasteiger partial charge is 0.459 e. The minimum absolute atomic E-state index is 0.138. The molecule has 1 saturated carbocycles. The van der Waals surface area contributed by atoms with E-state index in [1.165, 1.54) is 6.26 Å². The Bertz CT molecular complexity index is 450. The van der Waals surface area contributed by atoms with E-state index in [1.54, 1.807) is 12.1 Å². The van der Waals surface area contributed by atoms with Gasteiger partial charge in [-0.1, -0.05) is 12.8 Å². The van der Waals surface area contributed by atoms with Gasteiger partial charge in [0.2, 0.25) is 5.91 Å². The topological polar surface area (TPSA) is 91.6 Å². The second-order valence-electron chi connectivity index (χ2n) is 5.19. The second kappa shape index (κ2) is 6.56. The predicted octanol–water partition coefficient (Wildman–Crippen LogP) is 0.821. The van der Waals surface area contributed by atoms with Gasteiger partial charge in [-0.05, 0) is 25.0 Å². The van der Waals surface area contributed by atoms with Crippen LogP contribution in [0.3, 0.4) is 0 Å². The highest BCUT2D eigenvalue weighted by Crippen LogP contribution is 2.31. The molecule has 1 fully saturated rings. The monoisotopic (exact) mass is 280 g/mol. The first-order chi connectivity index (χ1) is 9.59. The molecule has 1 heterocycles. The molecule has 20 heavy (non-hydrogen) atoms. The average Bonchev–Trinajstić information content (AvgIpc) is 3.05. The summed E-state index contributed by atoms with van der Waals surface area (Å²) >= 11 is 0. The van der Waals surface area contributed by atoms with Gasteiger partial charge in [0.25, 0.3) is 5.91 Å². The average molecular weight is 280 g/mol. The Labute approximate surface area is 117 Å². The first kappa shape index (κ1) is 14.6. The number of hydrogen-bond donors (Lipinski definition) is 3. The molecule has 1 aliphatic carbocycles. The van der Waals surface area contributed by atoms with Gasteiger partial charge in [-0.15, -0.1) is 0 Å². The molecule has 0 unspecified atom stereocenters. The van der Waals surface area contributed by atoms with Gasteiger partial charge in [0.15, 0.2) is 5.76 Å². The van der Waals surface area contributed by atoms with Gasteiger partial charge in [-0.3, -0.25) is 9.59 Å². The number of carbonyl (C=O) groups excluding carboxylic acids is 2. The van der Waals surface area contributed by atoms with E-state index in [-0.39, 0.29) is 24.0 Å². The maximum atomic E-state index is 11.7. The standard InChI is InChI=1S/C14H20N2O4/c17-12(10-14(19)5-1-2-6-14)15-7-8-16-13(18)11-4-3-9-20-11/h3-4,9,19H,1-2,5-8,10H2,(H,15,17)(H,16,18). The zero-order valence-corrected chi connectivity index (χ0v) is 11.4. The van der Waals surface area contributed by atoms with Crippen molar-refractivity contribution in [2.75, 3.05) is 13.1 Å². The summed E-state index contributed by atoms with van der Waals surface area (Å²) in [5.41, 5.74) is -0.832. The molecule has 1 aromatic rings. The smallest absolute Gasteiger partial charge is 0.287 e. The van der Waals surface area contributed by atoms with Crippen molar-refractivity contribution in [3.8, 4) is 0 Å². The number of nitrogens with one attached hydrogen (secondary N) is 2. The Balaban J connectivity index is 1.61. The van der Waals surface area contributed by atoms with Crippen LogP contribution in [0.25, 0.3) is 0 Å². The number of carbonyl (C=O) groups is 2. The molecular weight excluding hydrogens is 260 g/mol. The van der Waals surface area contributed by atoms with E-state index >= 15 is 0 Å².